The Labute approximate surface area is 279 Å². The first kappa shape index (κ1) is 34.2. The molecule has 1 atom stereocenters. The summed E-state index contributed by atoms with van der Waals surface area (Å²) < 4.78 is 1.42. The third-order valence-corrected chi connectivity index (χ3v) is 9.63. The van der Waals surface area contributed by atoms with Gasteiger partial charge in [0, 0.05) is 0 Å². The molecule has 42 heavy (non-hydrogen) atoms. The molecule has 0 aromatic heterocycles. The van der Waals surface area contributed by atoms with E-state index < -0.39 is 0 Å². The van der Waals surface area contributed by atoms with Gasteiger partial charge in [0.2, 0.25) is 0 Å². The molecule has 6 rings (SSSR count). The summed E-state index contributed by atoms with van der Waals surface area (Å²) in [6.07, 6.45) is 18.8. The molecule has 0 heterocycles. The summed E-state index contributed by atoms with van der Waals surface area (Å²) in [6, 6.07) is 28.0. The Hall–Kier alpha value is -2.31. The molecule has 3 aromatic carbocycles. The molecule has 0 spiro atoms. The molecule has 3 aliphatic carbocycles. The van der Waals surface area contributed by atoms with E-state index in [9.17, 15) is 0 Å². The van der Waals surface area contributed by atoms with Crippen molar-refractivity contribution >= 4 is 14.9 Å². The zero-order chi connectivity index (χ0) is 28.5. The summed E-state index contributed by atoms with van der Waals surface area (Å²) in [4.78, 5) is 0. The van der Waals surface area contributed by atoms with Crippen LogP contribution in [0.4, 0.5) is 0 Å². The zero-order valence-electron chi connectivity index (χ0n) is 25.4. The van der Waals surface area contributed by atoms with E-state index in [1.54, 1.807) is 0 Å². The van der Waals surface area contributed by atoms with E-state index in [1.165, 1.54) is 71.3 Å². The van der Waals surface area contributed by atoms with E-state index in [-0.39, 0.29) is 41.1 Å². The Morgan fingerprint density at radius 2 is 1.40 bits per heavy atom. The topological polar surface area (TPSA) is 0 Å². The number of hydrogen-bond donors (Lipinski definition) is 0. The molecule has 0 saturated heterocycles. The van der Waals surface area contributed by atoms with Gasteiger partial charge in [0.15, 0.2) is 0 Å². The Balaban J connectivity index is 0.000000258. The second-order valence-electron chi connectivity index (χ2n) is 13.0. The van der Waals surface area contributed by atoms with Gasteiger partial charge in [-0.3, -0.25) is 0 Å². The minimum absolute atomic E-state index is 0. The summed E-state index contributed by atoms with van der Waals surface area (Å²) in [5, 5.41) is 2.68. The van der Waals surface area contributed by atoms with Crippen molar-refractivity contribution in [2.24, 2.45) is 10.8 Å². The van der Waals surface area contributed by atoms with Gasteiger partial charge in [-0.25, -0.2) is 0 Å². The molecule has 0 N–H and O–H groups in total. The van der Waals surface area contributed by atoms with E-state index >= 15 is 0 Å². The SMILES string of the molecule is CC(C)(C)c1ccc2c(c1)=CC1=[C-]C(C3=CC=CC3)(C(C)(C)C)C=CC=21.[Cl-].[Cl-].[Zr+2]=[C](c1ccccc1)c1ccccc1. The van der Waals surface area contributed by atoms with Crippen molar-refractivity contribution in [2.75, 3.05) is 0 Å². The quantitative estimate of drug-likeness (QED) is 0.375. The van der Waals surface area contributed by atoms with E-state index in [1.807, 2.05) is 0 Å². The molecule has 214 valence electrons. The first-order valence-electron chi connectivity index (χ1n) is 14.3. The van der Waals surface area contributed by atoms with Gasteiger partial charge in [-0.05, 0) is 28.2 Å². The molecule has 3 aromatic rings. The van der Waals surface area contributed by atoms with Crippen LogP contribution < -0.4 is 35.3 Å². The van der Waals surface area contributed by atoms with Crippen molar-refractivity contribution in [3.05, 3.63) is 154 Å². The Morgan fingerprint density at radius 3 is 1.90 bits per heavy atom. The van der Waals surface area contributed by atoms with Gasteiger partial charge >= 0.3 is 99.2 Å². The monoisotopic (exact) mass is 667 g/mol. The van der Waals surface area contributed by atoms with Gasteiger partial charge in [0.25, 0.3) is 0 Å². The van der Waals surface area contributed by atoms with Crippen LogP contribution in [0.25, 0.3) is 11.6 Å². The van der Waals surface area contributed by atoms with Crippen LogP contribution in [0.1, 0.15) is 64.7 Å². The third-order valence-electron chi connectivity index (χ3n) is 8.22. The van der Waals surface area contributed by atoms with Crippen molar-refractivity contribution in [1.29, 1.82) is 0 Å². The summed E-state index contributed by atoms with van der Waals surface area (Å²) in [5.74, 6) is 0. The van der Waals surface area contributed by atoms with Gasteiger partial charge in [0.05, 0.1) is 0 Å². The standard InChI is InChI=1S/C26H29.C13H10.2ClH.Zr/c1-24(2,3)21-11-12-22-18(16-21)15-19-17-26(25(4,5)6,14-13-23(19)22)20-9-7-8-10-20;1-3-7-12(8-4-1)11-13-9-5-2-6-10-13;;;/h7-9,11-16H,10H2,1-6H3;1-10H;2*1H;/q-1;;;;+2/p-2. The summed E-state index contributed by atoms with van der Waals surface area (Å²) >= 11 is 1.46. The number of fused-ring (bicyclic) bond motifs is 2. The third kappa shape index (κ3) is 6.91. The fourth-order valence-corrected chi connectivity index (χ4v) is 6.56. The van der Waals surface area contributed by atoms with Crippen LogP contribution in [-0.2, 0) is 29.7 Å². The number of rotatable bonds is 3. The molecular formula is C39H39Cl2Zr-. The average Bonchev–Trinajstić information content (AvgIpc) is 3.60. The van der Waals surface area contributed by atoms with Crippen molar-refractivity contribution in [3.8, 4) is 0 Å². The van der Waals surface area contributed by atoms with Crippen LogP contribution in [0.5, 0.6) is 0 Å². The van der Waals surface area contributed by atoms with Crippen LogP contribution >= 0.6 is 0 Å². The Morgan fingerprint density at radius 1 is 0.810 bits per heavy atom. The minimum atomic E-state index is -0.138. The molecule has 0 radical (unpaired) electrons. The van der Waals surface area contributed by atoms with Crippen LogP contribution in [0, 0.1) is 16.9 Å². The Kier molecular flexibility index (Phi) is 11.0. The van der Waals surface area contributed by atoms with Gasteiger partial charge in [-0.15, -0.1) is 11.6 Å². The van der Waals surface area contributed by atoms with Gasteiger partial charge < -0.3 is 24.8 Å². The molecule has 0 amide bonds. The number of benzene rings is 3. The summed E-state index contributed by atoms with van der Waals surface area (Å²) in [5.41, 5.74) is 8.20. The molecule has 0 saturated carbocycles. The van der Waals surface area contributed by atoms with Crippen molar-refractivity contribution in [2.45, 2.75) is 53.4 Å². The van der Waals surface area contributed by atoms with Gasteiger partial charge in [0.1, 0.15) is 0 Å². The molecule has 1 unspecified atom stereocenters. The molecule has 3 heteroatoms. The van der Waals surface area contributed by atoms with Crippen molar-refractivity contribution < 1.29 is 49.0 Å². The van der Waals surface area contributed by atoms with Crippen molar-refractivity contribution in [3.63, 3.8) is 0 Å². The van der Waals surface area contributed by atoms with E-state index in [2.05, 4.69) is 163 Å². The maximum absolute atomic E-state index is 3.94. The normalized spacial score (nSPS) is 18.2. The molecular weight excluding hydrogens is 631 g/mol. The number of allylic oxidation sites excluding steroid dienone is 8. The van der Waals surface area contributed by atoms with Gasteiger partial charge in [-0.2, -0.15) is 17.7 Å². The molecule has 0 nitrogen and oxygen atoms in total. The number of hydrogen-bond acceptors (Lipinski definition) is 0. The van der Waals surface area contributed by atoms with Crippen molar-refractivity contribution in [1.82, 2.24) is 0 Å². The van der Waals surface area contributed by atoms with E-state index in [0.717, 1.165) is 6.42 Å². The predicted molar refractivity (Wildman–Crippen MR) is 168 cm³/mol. The fraction of sp³-hybridized carbons (Fsp3) is 0.256. The first-order chi connectivity index (χ1) is 19.0. The summed E-state index contributed by atoms with van der Waals surface area (Å²) in [6.45, 7) is 13.8. The number of halogens is 2. The second-order valence-corrected chi connectivity index (χ2v) is 14.2. The average molecular weight is 670 g/mol. The van der Waals surface area contributed by atoms with Crippen LogP contribution in [0.15, 0.2) is 120 Å². The Bertz CT molecular complexity index is 1630. The first-order valence-corrected chi connectivity index (χ1v) is 15.5. The maximum atomic E-state index is 3.94. The fourth-order valence-electron chi connectivity index (χ4n) is 5.74. The second kappa shape index (κ2) is 13.6. The predicted octanol–water partition coefficient (Wildman–Crippen LogP) is 1.96. The molecule has 0 aliphatic heterocycles. The summed E-state index contributed by atoms with van der Waals surface area (Å²) in [7, 11) is 0. The zero-order valence-corrected chi connectivity index (χ0v) is 29.4. The molecule has 0 fully saturated rings. The van der Waals surface area contributed by atoms with Crippen LogP contribution in [-0.4, -0.2) is 3.21 Å². The van der Waals surface area contributed by atoms with Crippen LogP contribution in [0.2, 0.25) is 0 Å². The molecule has 3 aliphatic rings. The van der Waals surface area contributed by atoms with Gasteiger partial charge in [-0.1, -0.05) is 100 Å². The van der Waals surface area contributed by atoms with E-state index in [0.29, 0.717) is 0 Å². The molecule has 0 bridgehead atoms. The van der Waals surface area contributed by atoms with E-state index in [4.69, 9.17) is 0 Å². The van der Waals surface area contributed by atoms with Crippen LogP contribution in [0.3, 0.4) is 0 Å².